The fraction of sp³-hybridized carbons (Fsp3) is 0.615. The maximum absolute atomic E-state index is 11.9. The normalized spacial score (nSPS) is 10.2. The predicted molar refractivity (Wildman–Crippen MR) is 83.5 cm³/mol. The number of nitrogens with one attached hydrogen (secondary N) is 1. The number of nitrogen functional groups attached to an aromatic ring is 1. The molecule has 1 aromatic heterocycles. The molecule has 1 aromatic rings. The zero-order valence-electron chi connectivity index (χ0n) is 12.6. The van der Waals surface area contributed by atoms with Crippen molar-refractivity contribution >= 4 is 34.2 Å². The van der Waals surface area contributed by atoms with Crippen LogP contribution in [0.4, 0.5) is 10.8 Å². The summed E-state index contributed by atoms with van der Waals surface area (Å²) in [6, 6.07) is 0. The first-order valence-electron chi connectivity index (χ1n) is 6.98. The summed E-state index contributed by atoms with van der Waals surface area (Å²) in [7, 11) is 0. The van der Waals surface area contributed by atoms with Gasteiger partial charge in [0.05, 0.1) is 6.61 Å². The highest BCUT2D eigenvalue weighted by molar-refractivity contribution is 7.11. The van der Waals surface area contributed by atoms with E-state index >= 15 is 0 Å². The molecule has 0 radical (unpaired) electrons. The molecule has 7 nitrogen and oxygen atoms in total. The van der Waals surface area contributed by atoms with Crippen molar-refractivity contribution < 1.29 is 14.3 Å². The van der Waals surface area contributed by atoms with E-state index in [4.69, 9.17) is 10.5 Å². The second-order valence-corrected chi connectivity index (χ2v) is 5.01. The van der Waals surface area contributed by atoms with Gasteiger partial charge in [0.1, 0.15) is 10.6 Å². The van der Waals surface area contributed by atoms with Crippen molar-refractivity contribution in [1.82, 2.24) is 9.27 Å². The molecule has 0 saturated heterocycles. The van der Waals surface area contributed by atoms with Gasteiger partial charge in [-0.05, 0) is 32.3 Å². The van der Waals surface area contributed by atoms with Crippen molar-refractivity contribution in [2.24, 2.45) is 0 Å². The molecule has 0 aliphatic heterocycles. The van der Waals surface area contributed by atoms with Crippen LogP contribution < -0.4 is 11.1 Å². The van der Waals surface area contributed by atoms with Crippen molar-refractivity contribution in [2.75, 3.05) is 37.3 Å². The lowest BCUT2D eigenvalue weighted by atomic mass is 10.3. The monoisotopic (exact) mass is 314 g/mol. The molecule has 0 atom stereocenters. The maximum atomic E-state index is 11.9. The Morgan fingerprint density at radius 3 is 2.57 bits per heavy atom. The van der Waals surface area contributed by atoms with E-state index in [-0.39, 0.29) is 23.9 Å². The molecule has 1 amide bonds. The van der Waals surface area contributed by atoms with Crippen molar-refractivity contribution in [3.8, 4) is 0 Å². The number of hydrogen-bond donors (Lipinski definition) is 2. The summed E-state index contributed by atoms with van der Waals surface area (Å²) in [4.78, 5) is 25.4. The van der Waals surface area contributed by atoms with E-state index in [0.717, 1.165) is 11.5 Å². The van der Waals surface area contributed by atoms with E-state index in [0.29, 0.717) is 31.1 Å². The van der Waals surface area contributed by atoms with Gasteiger partial charge in [-0.2, -0.15) is 4.37 Å². The number of amides is 1. The summed E-state index contributed by atoms with van der Waals surface area (Å²) in [6.07, 6.45) is 0.349. The molecule has 21 heavy (non-hydrogen) atoms. The maximum Gasteiger partial charge on any atom is 0.344 e. The number of nitrogens with zero attached hydrogens (tertiary/aromatic N) is 2. The Kier molecular flexibility index (Phi) is 6.93. The summed E-state index contributed by atoms with van der Waals surface area (Å²) in [5.74, 6) is -0.278. The highest BCUT2D eigenvalue weighted by Gasteiger charge is 2.20. The number of nitrogens with two attached hydrogens (primary N) is 1. The lowest BCUT2D eigenvalue weighted by molar-refractivity contribution is -0.130. The molecule has 1 rings (SSSR count). The number of hydrogen-bond acceptors (Lipinski definition) is 7. The summed E-state index contributed by atoms with van der Waals surface area (Å²) in [5.41, 5.74) is 5.93. The third kappa shape index (κ3) is 4.59. The van der Waals surface area contributed by atoms with Crippen LogP contribution >= 0.6 is 11.5 Å². The number of ether oxygens (including phenoxy) is 1. The van der Waals surface area contributed by atoms with Crippen LogP contribution in [0.15, 0.2) is 0 Å². The SMILES string of the molecule is CCOC(=O)c1c(N)nsc1NCCC(=O)N(CC)CC. The van der Waals surface area contributed by atoms with Crippen molar-refractivity contribution in [3.63, 3.8) is 0 Å². The van der Waals surface area contributed by atoms with E-state index < -0.39 is 5.97 Å². The van der Waals surface area contributed by atoms with Gasteiger partial charge in [0.25, 0.3) is 0 Å². The standard InChI is InChI=1S/C13H22N4O3S/c1-4-17(5-2)9(18)7-8-15-12-10(11(14)16-21-12)13(19)20-6-3/h15H,4-8H2,1-3H3,(H2,14,16). The van der Waals surface area contributed by atoms with Gasteiger partial charge in [-0.25, -0.2) is 4.79 Å². The number of esters is 1. The molecule has 0 bridgehead atoms. The lowest BCUT2D eigenvalue weighted by Crippen LogP contribution is -2.31. The Morgan fingerprint density at radius 2 is 2.00 bits per heavy atom. The van der Waals surface area contributed by atoms with E-state index in [1.54, 1.807) is 11.8 Å². The minimum Gasteiger partial charge on any atom is -0.462 e. The minimum atomic E-state index is -0.499. The van der Waals surface area contributed by atoms with Gasteiger partial charge in [-0.3, -0.25) is 4.79 Å². The molecule has 8 heteroatoms. The van der Waals surface area contributed by atoms with Crippen LogP contribution in [0.2, 0.25) is 0 Å². The van der Waals surface area contributed by atoms with Gasteiger partial charge in [0.2, 0.25) is 5.91 Å². The summed E-state index contributed by atoms with van der Waals surface area (Å²) >= 11 is 1.09. The van der Waals surface area contributed by atoms with Gasteiger partial charge in [-0.15, -0.1) is 0 Å². The molecule has 1 heterocycles. The number of carbonyl (C=O) groups is 2. The van der Waals surface area contributed by atoms with Crippen LogP contribution in [0.1, 0.15) is 37.6 Å². The number of carbonyl (C=O) groups excluding carboxylic acids is 2. The van der Waals surface area contributed by atoms with E-state index in [1.807, 2.05) is 13.8 Å². The largest absolute Gasteiger partial charge is 0.462 e. The lowest BCUT2D eigenvalue weighted by Gasteiger charge is -2.18. The first kappa shape index (κ1) is 17.2. The van der Waals surface area contributed by atoms with Crippen LogP contribution in [-0.2, 0) is 9.53 Å². The average Bonchev–Trinajstić information content (AvgIpc) is 2.81. The fourth-order valence-electron chi connectivity index (χ4n) is 1.84. The van der Waals surface area contributed by atoms with Crippen LogP contribution in [0.25, 0.3) is 0 Å². The Labute approximate surface area is 128 Å². The number of rotatable bonds is 8. The van der Waals surface area contributed by atoms with Gasteiger partial charge < -0.3 is 20.7 Å². The summed E-state index contributed by atoms with van der Waals surface area (Å²) in [6.45, 7) is 7.68. The summed E-state index contributed by atoms with van der Waals surface area (Å²) in [5, 5.41) is 3.58. The highest BCUT2D eigenvalue weighted by Crippen LogP contribution is 2.27. The first-order chi connectivity index (χ1) is 10.0. The zero-order chi connectivity index (χ0) is 15.8. The van der Waals surface area contributed by atoms with Crippen molar-refractivity contribution in [3.05, 3.63) is 5.56 Å². The molecule has 0 saturated carbocycles. The van der Waals surface area contributed by atoms with Gasteiger partial charge in [0.15, 0.2) is 5.82 Å². The first-order valence-corrected chi connectivity index (χ1v) is 7.76. The second kappa shape index (κ2) is 8.46. The van der Waals surface area contributed by atoms with Crippen LogP contribution in [0.3, 0.4) is 0 Å². The third-order valence-electron chi connectivity index (χ3n) is 2.94. The zero-order valence-corrected chi connectivity index (χ0v) is 13.5. The summed E-state index contributed by atoms with van der Waals surface area (Å²) < 4.78 is 8.89. The Hall–Kier alpha value is -1.83. The Bertz CT molecular complexity index is 486. The number of anilines is 2. The fourth-order valence-corrected chi connectivity index (χ4v) is 2.57. The molecule has 3 N–H and O–H groups in total. The Morgan fingerprint density at radius 1 is 1.33 bits per heavy atom. The van der Waals surface area contributed by atoms with E-state index in [1.165, 1.54) is 0 Å². The van der Waals surface area contributed by atoms with Crippen LogP contribution in [0.5, 0.6) is 0 Å². The van der Waals surface area contributed by atoms with Gasteiger partial charge >= 0.3 is 5.97 Å². The molecule has 0 aromatic carbocycles. The van der Waals surface area contributed by atoms with E-state index in [9.17, 15) is 9.59 Å². The predicted octanol–water partition coefficient (Wildman–Crippen LogP) is 1.57. The third-order valence-corrected chi connectivity index (χ3v) is 3.76. The topological polar surface area (TPSA) is 97.5 Å². The quantitative estimate of drug-likeness (QED) is 0.707. The minimum absolute atomic E-state index is 0.0719. The second-order valence-electron chi connectivity index (χ2n) is 4.24. The molecular weight excluding hydrogens is 292 g/mol. The molecule has 0 aliphatic carbocycles. The van der Waals surface area contributed by atoms with Crippen molar-refractivity contribution in [1.29, 1.82) is 0 Å². The van der Waals surface area contributed by atoms with Crippen molar-refractivity contribution in [2.45, 2.75) is 27.2 Å². The average molecular weight is 314 g/mol. The van der Waals surface area contributed by atoms with E-state index in [2.05, 4.69) is 9.69 Å². The van der Waals surface area contributed by atoms with Crippen LogP contribution in [-0.4, -0.2) is 47.4 Å². The highest BCUT2D eigenvalue weighted by atomic mass is 32.1. The smallest absolute Gasteiger partial charge is 0.344 e. The van der Waals surface area contributed by atoms with Gasteiger partial charge in [-0.1, -0.05) is 0 Å². The van der Waals surface area contributed by atoms with Gasteiger partial charge in [0, 0.05) is 26.1 Å². The molecular formula is C13H22N4O3S. The molecule has 0 unspecified atom stereocenters. The molecule has 0 aliphatic rings. The van der Waals surface area contributed by atoms with Crippen LogP contribution in [0, 0.1) is 0 Å². The Balaban J connectivity index is 2.60. The molecule has 0 fully saturated rings. The molecule has 0 spiro atoms. The number of aromatic nitrogens is 1. The molecule has 118 valence electrons.